The molecule has 0 aliphatic carbocycles. The molecule has 0 unspecified atom stereocenters. The monoisotopic (exact) mass is 314 g/mol. The van der Waals surface area contributed by atoms with Crippen molar-refractivity contribution in [2.24, 2.45) is 0 Å². The van der Waals surface area contributed by atoms with Crippen LogP contribution in [-0.2, 0) is 21.2 Å². The summed E-state index contributed by atoms with van der Waals surface area (Å²) in [6.07, 6.45) is 1.05. The Morgan fingerprint density at radius 1 is 1.38 bits per heavy atom. The van der Waals surface area contributed by atoms with E-state index in [1.54, 1.807) is 0 Å². The Bertz CT molecular complexity index is 474. The molecule has 0 aliphatic rings. The molecule has 0 bridgehead atoms. The summed E-state index contributed by atoms with van der Waals surface area (Å²) in [5, 5.41) is 0. The van der Waals surface area contributed by atoms with E-state index in [2.05, 4.69) is 20.7 Å². The van der Waals surface area contributed by atoms with Crippen LogP contribution in [0.2, 0.25) is 0 Å². The molecule has 0 saturated heterocycles. The molecule has 1 aromatic carbocycles. The first-order valence-electron chi connectivity index (χ1n) is 4.18. The second-order valence-electron chi connectivity index (χ2n) is 3.14. The predicted molar refractivity (Wildman–Crippen MR) is 58.0 cm³/mol. The highest BCUT2D eigenvalue weighted by Crippen LogP contribution is 2.20. The fourth-order valence-electron chi connectivity index (χ4n) is 1.08. The number of sulfone groups is 1. The molecule has 0 fully saturated rings. The van der Waals surface area contributed by atoms with Gasteiger partial charge < -0.3 is 4.74 Å². The summed E-state index contributed by atoms with van der Waals surface area (Å²) in [6, 6.07) is 4.24. The molecule has 1 aromatic rings. The van der Waals surface area contributed by atoms with Crippen molar-refractivity contribution in [1.29, 1.82) is 0 Å². The van der Waals surface area contributed by atoms with Crippen LogP contribution >= 0.6 is 15.9 Å². The highest BCUT2D eigenvalue weighted by Gasteiger charge is 2.10. The lowest BCUT2D eigenvalue weighted by atomic mass is 10.2. The Morgan fingerprint density at radius 2 is 2.00 bits per heavy atom. The normalized spacial score (nSPS) is 12.1. The molecule has 16 heavy (non-hydrogen) atoms. The van der Waals surface area contributed by atoms with Gasteiger partial charge in [-0.15, -0.1) is 0 Å². The molecule has 0 spiro atoms. The standard InChI is InChI=1S/C9H9BrF2O3S/c1-16(13,14)8-3-6(2-7(10)4-8)5-15-9(11)12/h2-4,9H,5H2,1H3. The Balaban J connectivity index is 3.00. The largest absolute Gasteiger partial charge is 0.345 e. The van der Waals surface area contributed by atoms with Gasteiger partial charge in [0.15, 0.2) is 9.84 Å². The Morgan fingerprint density at radius 3 is 2.50 bits per heavy atom. The van der Waals surface area contributed by atoms with Crippen LogP contribution < -0.4 is 0 Å². The molecule has 1 rings (SSSR count). The summed E-state index contributed by atoms with van der Waals surface area (Å²) in [7, 11) is -3.36. The molecule has 7 heteroatoms. The van der Waals surface area contributed by atoms with Crippen molar-refractivity contribution in [3.05, 3.63) is 28.2 Å². The molecule has 0 aromatic heterocycles. The van der Waals surface area contributed by atoms with E-state index in [9.17, 15) is 17.2 Å². The van der Waals surface area contributed by atoms with Gasteiger partial charge in [-0.2, -0.15) is 8.78 Å². The van der Waals surface area contributed by atoms with E-state index in [0.29, 0.717) is 10.0 Å². The van der Waals surface area contributed by atoms with Gasteiger partial charge in [-0.3, -0.25) is 0 Å². The second-order valence-corrected chi connectivity index (χ2v) is 6.07. The predicted octanol–water partition coefficient (Wildman–Crippen LogP) is 2.59. The second kappa shape index (κ2) is 5.20. The summed E-state index contributed by atoms with van der Waals surface area (Å²) >= 11 is 3.10. The maximum absolute atomic E-state index is 11.8. The summed E-state index contributed by atoms with van der Waals surface area (Å²) in [4.78, 5) is 0.0646. The molecular formula is C9H9BrF2O3S. The van der Waals surface area contributed by atoms with E-state index in [-0.39, 0.29) is 11.5 Å². The number of hydrogen-bond donors (Lipinski definition) is 0. The van der Waals surface area contributed by atoms with Crippen LogP contribution in [0.5, 0.6) is 0 Å². The number of benzene rings is 1. The number of rotatable bonds is 4. The average molecular weight is 315 g/mol. The van der Waals surface area contributed by atoms with Gasteiger partial charge in [0.2, 0.25) is 0 Å². The van der Waals surface area contributed by atoms with E-state index in [4.69, 9.17) is 0 Å². The molecule has 90 valence electrons. The highest BCUT2D eigenvalue weighted by molar-refractivity contribution is 9.10. The summed E-state index contributed by atoms with van der Waals surface area (Å²) in [6.45, 7) is -3.21. The van der Waals surface area contributed by atoms with Crippen LogP contribution in [0.4, 0.5) is 8.78 Å². The first-order chi connectivity index (χ1) is 7.29. The molecule has 0 atom stereocenters. The maximum Gasteiger partial charge on any atom is 0.345 e. The number of halogens is 3. The summed E-state index contributed by atoms with van der Waals surface area (Å²) < 4.78 is 50.7. The molecular weight excluding hydrogens is 306 g/mol. The lowest BCUT2D eigenvalue weighted by molar-refractivity contribution is -0.137. The van der Waals surface area contributed by atoms with Crippen LogP contribution in [0.15, 0.2) is 27.6 Å². The third-order valence-corrected chi connectivity index (χ3v) is 3.29. The Labute approximate surface area is 100 Å². The van der Waals surface area contributed by atoms with Crippen LogP contribution in [0.25, 0.3) is 0 Å². The lowest BCUT2D eigenvalue weighted by Crippen LogP contribution is -2.02. The zero-order chi connectivity index (χ0) is 12.3. The number of alkyl halides is 2. The van der Waals surface area contributed by atoms with Gasteiger partial charge in [0.05, 0.1) is 11.5 Å². The zero-order valence-electron chi connectivity index (χ0n) is 8.28. The molecule has 0 saturated carbocycles. The maximum atomic E-state index is 11.8. The third-order valence-electron chi connectivity index (χ3n) is 1.74. The van der Waals surface area contributed by atoms with E-state index in [0.717, 1.165) is 6.26 Å². The number of hydrogen-bond acceptors (Lipinski definition) is 3. The quantitative estimate of drug-likeness (QED) is 0.858. The van der Waals surface area contributed by atoms with Crippen LogP contribution in [0.3, 0.4) is 0 Å². The fraction of sp³-hybridized carbons (Fsp3) is 0.333. The Hall–Kier alpha value is -0.530. The van der Waals surface area contributed by atoms with Crippen molar-refractivity contribution in [2.45, 2.75) is 18.1 Å². The van der Waals surface area contributed by atoms with Crippen molar-refractivity contribution in [3.63, 3.8) is 0 Å². The minimum absolute atomic E-state index is 0.0646. The average Bonchev–Trinajstić information content (AvgIpc) is 2.12. The third kappa shape index (κ3) is 4.15. The van der Waals surface area contributed by atoms with Gasteiger partial charge in [0.1, 0.15) is 0 Å². The van der Waals surface area contributed by atoms with Crippen LogP contribution in [-0.4, -0.2) is 21.3 Å². The van der Waals surface area contributed by atoms with Gasteiger partial charge in [-0.05, 0) is 23.8 Å². The SMILES string of the molecule is CS(=O)(=O)c1cc(Br)cc(COC(F)F)c1. The van der Waals surface area contributed by atoms with E-state index >= 15 is 0 Å². The van der Waals surface area contributed by atoms with Gasteiger partial charge in [-0.25, -0.2) is 8.42 Å². The highest BCUT2D eigenvalue weighted by atomic mass is 79.9. The molecule has 0 radical (unpaired) electrons. The topological polar surface area (TPSA) is 43.4 Å². The minimum atomic E-state index is -3.36. The fourth-order valence-corrected chi connectivity index (χ4v) is 2.48. The summed E-state index contributed by atoms with van der Waals surface area (Å²) in [5.41, 5.74) is 0.370. The molecule has 0 aliphatic heterocycles. The van der Waals surface area contributed by atoms with Crippen molar-refractivity contribution in [2.75, 3.05) is 6.26 Å². The van der Waals surface area contributed by atoms with E-state index < -0.39 is 16.4 Å². The number of ether oxygens (including phenoxy) is 1. The first-order valence-corrected chi connectivity index (χ1v) is 6.87. The van der Waals surface area contributed by atoms with E-state index in [1.165, 1.54) is 18.2 Å². The molecule has 3 nitrogen and oxygen atoms in total. The van der Waals surface area contributed by atoms with Crippen LogP contribution in [0.1, 0.15) is 5.56 Å². The van der Waals surface area contributed by atoms with Crippen molar-refractivity contribution in [3.8, 4) is 0 Å². The molecule has 0 heterocycles. The zero-order valence-corrected chi connectivity index (χ0v) is 10.7. The molecule has 0 amide bonds. The van der Waals surface area contributed by atoms with Crippen molar-refractivity contribution in [1.82, 2.24) is 0 Å². The smallest absolute Gasteiger partial charge is 0.318 e. The first kappa shape index (κ1) is 13.5. The van der Waals surface area contributed by atoms with Gasteiger partial charge >= 0.3 is 6.61 Å². The van der Waals surface area contributed by atoms with Gasteiger partial charge in [-0.1, -0.05) is 15.9 Å². The molecule has 0 N–H and O–H groups in total. The van der Waals surface area contributed by atoms with Crippen LogP contribution in [0, 0.1) is 0 Å². The minimum Gasteiger partial charge on any atom is -0.318 e. The Kier molecular flexibility index (Phi) is 4.40. The van der Waals surface area contributed by atoms with Crippen molar-refractivity contribution < 1.29 is 21.9 Å². The van der Waals surface area contributed by atoms with Crippen molar-refractivity contribution >= 4 is 25.8 Å². The van der Waals surface area contributed by atoms with Gasteiger partial charge in [0.25, 0.3) is 0 Å². The summed E-state index contributed by atoms with van der Waals surface area (Å²) in [5.74, 6) is 0. The lowest BCUT2D eigenvalue weighted by Gasteiger charge is -2.06. The van der Waals surface area contributed by atoms with Gasteiger partial charge in [0, 0.05) is 10.7 Å². The van der Waals surface area contributed by atoms with E-state index in [1.807, 2.05) is 0 Å².